The number of carbonyl (C=O) groups excluding carboxylic acids is 3. The molecule has 1 aromatic carbocycles. The first-order chi connectivity index (χ1) is 12.5. The van der Waals surface area contributed by atoms with Crippen molar-refractivity contribution in [3.63, 3.8) is 0 Å². The van der Waals surface area contributed by atoms with E-state index in [0.29, 0.717) is 44.2 Å². The molecule has 3 amide bonds. The van der Waals surface area contributed by atoms with Gasteiger partial charge >= 0.3 is 6.09 Å². The number of nitrogens with zero attached hydrogens (tertiary/aromatic N) is 3. The Kier molecular flexibility index (Phi) is 6.82. The molecule has 0 N–H and O–H groups in total. The van der Waals surface area contributed by atoms with E-state index in [1.165, 1.54) is 18.9 Å². The van der Waals surface area contributed by atoms with Crippen LogP contribution >= 0.6 is 0 Å². The lowest BCUT2D eigenvalue weighted by Gasteiger charge is -2.35. The summed E-state index contributed by atoms with van der Waals surface area (Å²) in [5.41, 5.74) is 0.556. The van der Waals surface area contributed by atoms with Crippen molar-refractivity contribution >= 4 is 23.6 Å². The van der Waals surface area contributed by atoms with Crippen LogP contribution in [-0.2, 0) is 14.3 Å². The molecule has 0 bridgehead atoms. The van der Waals surface area contributed by atoms with Crippen LogP contribution in [0.25, 0.3) is 0 Å². The summed E-state index contributed by atoms with van der Waals surface area (Å²) in [6.07, 6.45) is -0.362. The molecule has 1 aliphatic heterocycles. The molecule has 0 atom stereocenters. The normalized spacial score (nSPS) is 14.0. The quantitative estimate of drug-likeness (QED) is 0.789. The molecule has 0 aromatic heterocycles. The molecule has 1 saturated heterocycles. The largest absolute Gasteiger partial charge is 0.495 e. The fourth-order valence-corrected chi connectivity index (χ4v) is 2.81. The van der Waals surface area contributed by atoms with Gasteiger partial charge in [0, 0.05) is 33.1 Å². The zero-order valence-electron chi connectivity index (χ0n) is 15.4. The molecule has 0 radical (unpaired) electrons. The summed E-state index contributed by atoms with van der Waals surface area (Å²) in [4.78, 5) is 41.1. The first kappa shape index (κ1) is 19.6. The van der Waals surface area contributed by atoms with Crippen LogP contribution in [-0.4, -0.2) is 74.1 Å². The molecule has 26 heavy (non-hydrogen) atoms. The van der Waals surface area contributed by atoms with Crippen molar-refractivity contribution < 1.29 is 23.9 Å². The highest BCUT2D eigenvalue weighted by Crippen LogP contribution is 2.27. The summed E-state index contributed by atoms with van der Waals surface area (Å²) in [7, 11) is 1.52. The first-order valence-electron chi connectivity index (χ1n) is 8.58. The van der Waals surface area contributed by atoms with Crippen LogP contribution < -0.4 is 9.64 Å². The van der Waals surface area contributed by atoms with E-state index in [1.54, 1.807) is 41.0 Å². The SMILES string of the molecule is CCOC(=O)N1CCN(C(=O)CN(C(C)=O)c2ccccc2OC)CC1. The van der Waals surface area contributed by atoms with Crippen LogP contribution in [0.4, 0.5) is 10.5 Å². The number of rotatable bonds is 5. The van der Waals surface area contributed by atoms with Crippen LogP contribution in [0.15, 0.2) is 24.3 Å². The highest BCUT2D eigenvalue weighted by atomic mass is 16.6. The van der Waals surface area contributed by atoms with Gasteiger partial charge in [0.15, 0.2) is 0 Å². The summed E-state index contributed by atoms with van der Waals surface area (Å²) in [6.45, 7) is 5.08. The van der Waals surface area contributed by atoms with Crippen molar-refractivity contribution in [1.82, 2.24) is 9.80 Å². The van der Waals surface area contributed by atoms with Crippen molar-refractivity contribution in [1.29, 1.82) is 0 Å². The third-order valence-corrected chi connectivity index (χ3v) is 4.21. The maximum Gasteiger partial charge on any atom is 0.409 e. The highest BCUT2D eigenvalue weighted by Gasteiger charge is 2.27. The van der Waals surface area contributed by atoms with Crippen molar-refractivity contribution in [2.24, 2.45) is 0 Å². The molecule has 1 aliphatic rings. The maximum atomic E-state index is 12.6. The van der Waals surface area contributed by atoms with Crippen molar-refractivity contribution in [2.45, 2.75) is 13.8 Å². The number of ether oxygens (including phenoxy) is 2. The van der Waals surface area contributed by atoms with E-state index in [-0.39, 0.29) is 24.5 Å². The molecule has 0 unspecified atom stereocenters. The van der Waals surface area contributed by atoms with Gasteiger partial charge in [-0.1, -0.05) is 12.1 Å². The lowest BCUT2D eigenvalue weighted by molar-refractivity contribution is -0.132. The third kappa shape index (κ3) is 4.65. The highest BCUT2D eigenvalue weighted by molar-refractivity contribution is 5.98. The number of carbonyl (C=O) groups is 3. The molecule has 8 nitrogen and oxygen atoms in total. The summed E-state index contributed by atoms with van der Waals surface area (Å²) >= 11 is 0. The molecular weight excluding hydrogens is 338 g/mol. The smallest absolute Gasteiger partial charge is 0.409 e. The monoisotopic (exact) mass is 363 g/mol. The Bertz CT molecular complexity index is 656. The molecular formula is C18H25N3O5. The van der Waals surface area contributed by atoms with Gasteiger partial charge in [0.25, 0.3) is 0 Å². The van der Waals surface area contributed by atoms with Crippen molar-refractivity contribution in [3.05, 3.63) is 24.3 Å². The van der Waals surface area contributed by atoms with Gasteiger partial charge in [0.2, 0.25) is 11.8 Å². The lowest BCUT2D eigenvalue weighted by Crippen LogP contribution is -2.53. The van der Waals surface area contributed by atoms with Crippen LogP contribution in [0, 0.1) is 0 Å². The van der Waals surface area contributed by atoms with Crippen LogP contribution in [0.5, 0.6) is 5.75 Å². The molecule has 2 rings (SSSR count). The number of para-hydroxylation sites is 2. The molecule has 1 heterocycles. The number of anilines is 1. The second-order valence-corrected chi connectivity index (χ2v) is 5.84. The van der Waals surface area contributed by atoms with Crippen LogP contribution in [0.2, 0.25) is 0 Å². The van der Waals surface area contributed by atoms with Crippen molar-refractivity contribution in [2.75, 3.05) is 51.3 Å². The minimum Gasteiger partial charge on any atom is -0.495 e. The zero-order valence-corrected chi connectivity index (χ0v) is 15.4. The lowest BCUT2D eigenvalue weighted by atomic mass is 10.2. The summed E-state index contributed by atoms with van der Waals surface area (Å²) in [6, 6.07) is 7.08. The number of benzene rings is 1. The number of amides is 3. The Morgan fingerprint density at radius 2 is 1.69 bits per heavy atom. The van der Waals surface area contributed by atoms with Gasteiger partial charge in [-0.15, -0.1) is 0 Å². The van der Waals surface area contributed by atoms with Gasteiger partial charge in [-0.3, -0.25) is 14.5 Å². The van der Waals surface area contributed by atoms with Crippen LogP contribution in [0.1, 0.15) is 13.8 Å². The number of hydrogen-bond acceptors (Lipinski definition) is 5. The topological polar surface area (TPSA) is 79.4 Å². The van der Waals surface area contributed by atoms with Gasteiger partial charge in [0.1, 0.15) is 12.3 Å². The molecule has 0 aliphatic carbocycles. The van der Waals surface area contributed by atoms with Gasteiger partial charge in [-0.2, -0.15) is 0 Å². The van der Waals surface area contributed by atoms with Gasteiger partial charge in [-0.25, -0.2) is 4.79 Å². The fraction of sp³-hybridized carbons (Fsp3) is 0.500. The molecule has 0 spiro atoms. The molecule has 1 aromatic rings. The predicted molar refractivity (Wildman–Crippen MR) is 96.2 cm³/mol. The van der Waals surface area contributed by atoms with Gasteiger partial charge in [-0.05, 0) is 19.1 Å². The summed E-state index contributed by atoms with van der Waals surface area (Å²) in [5, 5.41) is 0. The average molecular weight is 363 g/mol. The van der Waals surface area contributed by atoms with E-state index < -0.39 is 0 Å². The minimum absolute atomic E-state index is 0.0743. The minimum atomic E-state index is -0.362. The van der Waals surface area contributed by atoms with E-state index in [2.05, 4.69) is 0 Å². The number of methoxy groups -OCH3 is 1. The Balaban J connectivity index is 2.01. The fourth-order valence-electron chi connectivity index (χ4n) is 2.81. The average Bonchev–Trinajstić information content (AvgIpc) is 2.66. The number of piperazine rings is 1. The molecule has 8 heteroatoms. The second-order valence-electron chi connectivity index (χ2n) is 5.84. The van der Waals surface area contributed by atoms with E-state index in [0.717, 1.165) is 0 Å². The zero-order chi connectivity index (χ0) is 19.1. The van der Waals surface area contributed by atoms with Gasteiger partial charge < -0.3 is 19.3 Å². The number of hydrogen-bond donors (Lipinski definition) is 0. The van der Waals surface area contributed by atoms with Gasteiger partial charge in [0.05, 0.1) is 19.4 Å². The Morgan fingerprint density at radius 3 is 2.27 bits per heavy atom. The second kappa shape index (κ2) is 9.07. The summed E-state index contributed by atoms with van der Waals surface area (Å²) < 4.78 is 10.3. The maximum absolute atomic E-state index is 12.6. The van der Waals surface area contributed by atoms with E-state index >= 15 is 0 Å². The van der Waals surface area contributed by atoms with E-state index in [1.807, 2.05) is 0 Å². The molecule has 1 fully saturated rings. The predicted octanol–water partition coefficient (Wildman–Crippen LogP) is 1.35. The third-order valence-electron chi connectivity index (χ3n) is 4.21. The Hall–Kier alpha value is -2.77. The Morgan fingerprint density at radius 1 is 1.08 bits per heavy atom. The Labute approximate surface area is 153 Å². The van der Waals surface area contributed by atoms with E-state index in [9.17, 15) is 14.4 Å². The van der Waals surface area contributed by atoms with Crippen molar-refractivity contribution in [3.8, 4) is 5.75 Å². The van der Waals surface area contributed by atoms with E-state index in [4.69, 9.17) is 9.47 Å². The standard InChI is InChI=1S/C18H25N3O5/c1-4-26-18(24)20-11-9-19(10-12-20)17(23)13-21(14(2)22)15-7-5-6-8-16(15)25-3/h5-8H,4,9-13H2,1-3H3. The molecule has 0 saturated carbocycles. The summed E-state index contributed by atoms with van der Waals surface area (Å²) in [5.74, 6) is 0.116. The first-order valence-corrected chi connectivity index (χ1v) is 8.58. The molecule has 142 valence electrons. The van der Waals surface area contributed by atoms with Crippen LogP contribution in [0.3, 0.4) is 0 Å².